The highest BCUT2D eigenvalue weighted by molar-refractivity contribution is 7.18. The van der Waals surface area contributed by atoms with Gasteiger partial charge in [0.2, 0.25) is 0 Å². The van der Waals surface area contributed by atoms with Crippen LogP contribution in [0, 0.1) is 41.5 Å². The predicted molar refractivity (Wildman–Crippen MR) is 412 cm³/mol. The summed E-state index contributed by atoms with van der Waals surface area (Å²) in [6, 6.07) is 0. The molecule has 36 heteroatoms. The lowest BCUT2D eigenvalue weighted by Gasteiger charge is -2.25. The Balaban J connectivity index is 0. The maximum Gasteiger partial charge on any atom is 0.413 e. The molecule has 2 aliphatic heterocycles. The standard InChI is InChI=1S/C14H23N3O3S.C12H18N2O4S.C10H16N2O3S.C10H14N2O3S.C9H15N3OS.C7H10N2O2S.4CH4/c1-10-11(9-17-5-7-19-8-6-17)21-12(15-10)16-13(18)20-14(2,3)4;1-6-17-9(15)8-7(2)13-10(19-8)14-11(16)18-12(3,4)5;2*1-6-7(5-13)16-8(11-6)12-9(14)15-10(2,3)4;1-7-8(14-9(10)11-7)6-12-2-4-13-5-3-12;1-3-11-6(10)5-4(2)9-7(8)12-5;;;;/h5-9H2,1-4H3,(H,15,16,18);6H2,1-5H3,(H,13,14,16);13H,5H2,1-4H3,(H,11,12,14);5H,1-4H3,(H,11,12,14);2-6H2,1H3,(H2,10,11);3H2,1-2H3,(H2,8,9);4*1H4. The van der Waals surface area contributed by atoms with E-state index in [0.717, 1.165) is 122 Å². The number of aryl methyl sites for hydroxylation is 6. The Hall–Kier alpha value is -7.13. The van der Waals surface area contributed by atoms with Crippen LogP contribution in [0.25, 0.3) is 0 Å². The molecule has 0 saturated carbocycles. The minimum absolute atomic E-state index is 0. The number of nitrogens with zero attached hydrogens (tertiary/aromatic N) is 8. The topological polar surface area (TPSA) is 398 Å². The molecule has 2 fully saturated rings. The highest BCUT2D eigenvalue weighted by atomic mass is 32.1. The van der Waals surface area contributed by atoms with Crippen LogP contribution in [0.15, 0.2) is 0 Å². The smallest absolute Gasteiger partial charge is 0.413 e. The van der Waals surface area contributed by atoms with Crippen LogP contribution < -0.4 is 32.7 Å². The summed E-state index contributed by atoms with van der Waals surface area (Å²) in [7, 11) is 0. The van der Waals surface area contributed by atoms with Gasteiger partial charge < -0.3 is 54.5 Å². The molecule has 0 bridgehead atoms. The van der Waals surface area contributed by atoms with Crippen LogP contribution in [-0.2, 0) is 57.6 Å². The van der Waals surface area contributed by atoms with E-state index in [4.69, 9.17) is 54.5 Å². The van der Waals surface area contributed by atoms with Crippen molar-refractivity contribution in [3.8, 4) is 0 Å². The summed E-state index contributed by atoms with van der Waals surface area (Å²) in [5, 5.41) is 22.0. The lowest BCUT2D eigenvalue weighted by atomic mass is 10.2. The number of aliphatic hydroxyl groups is 1. The zero-order chi connectivity index (χ0) is 73.9. The summed E-state index contributed by atoms with van der Waals surface area (Å²) in [5.74, 6) is -0.779. The Morgan fingerprint density at radius 1 is 0.451 bits per heavy atom. The summed E-state index contributed by atoms with van der Waals surface area (Å²) in [6.07, 6.45) is -1.46. The maximum absolute atomic E-state index is 11.7. The van der Waals surface area contributed by atoms with E-state index in [2.05, 4.69) is 61.0 Å². The molecule has 4 amide bonds. The Labute approximate surface area is 626 Å². The molecular weight excluding hydrogens is 1440 g/mol. The van der Waals surface area contributed by atoms with Crippen LogP contribution >= 0.6 is 68.0 Å². The fourth-order valence-corrected chi connectivity index (χ4v) is 12.6. The third kappa shape index (κ3) is 38.4. The molecule has 102 heavy (non-hydrogen) atoms. The molecule has 0 aromatic carbocycles. The van der Waals surface area contributed by atoms with E-state index in [1.165, 1.54) is 32.4 Å². The number of nitrogens with two attached hydrogens (primary N) is 2. The number of carbonyl (C=O) groups is 7. The van der Waals surface area contributed by atoms with Gasteiger partial charge in [0.1, 0.15) is 32.2 Å². The van der Waals surface area contributed by atoms with Gasteiger partial charge in [-0.25, -0.2) is 58.7 Å². The number of rotatable bonds is 14. The van der Waals surface area contributed by atoms with E-state index in [0.29, 0.717) is 82.0 Å². The van der Waals surface area contributed by atoms with Crippen molar-refractivity contribution in [3.63, 3.8) is 0 Å². The third-order valence-electron chi connectivity index (χ3n) is 11.7. The number of nitrogen functional groups attached to an aromatic ring is 2. The molecule has 0 unspecified atom stereocenters. The predicted octanol–water partition coefficient (Wildman–Crippen LogP) is 15.1. The normalized spacial score (nSPS) is 12.7. The minimum Gasteiger partial charge on any atom is -0.462 e. The number of amides is 4. The monoisotopic (exact) mass is 1550 g/mol. The number of nitrogens with one attached hydrogen (secondary N) is 4. The van der Waals surface area contributed by atoms with Crippen LogP contribution in [0.3, 0.4) is 0 Å². The second kappa shape index (κ2) is 45.9. The molecule has 578 valence electrons. The molecule has 6 aromatic heterocycles. The SMILES string of the molecule is C.C.C.C.CCOC(=O)c1sc(N)nc1C.CCOC(=O)c1sc(NC(=O)OC(C)(C)C)nc1C.Cc1nc(N)sc1CN1CCOCC1.Cc1nc(NC(=O)OC(C)(C)C)sc1C=O.Cc1nc(NC(=O)OC(C)(C)C)sc1CN1CCOCC1.Cc1nc(NC(=O)OC(C)(C)C)sc1CO. The van der Waals surface area contributed by atoms with Crippen molar-refractivity contribution >= 4 is 141 Å². The second-order valence-corrected chi connectivity index (χ2v) is 31.3. The van der Waals surface area contributed by atoms with E-state index < -0.39 is 52.7 Å². The summed E-state index contributed by atoms with van der Waals surface area (Å²) < 4.78 is 40.8. The van der Waals surface area contributed by atoms with Gasteiger partial charge in [-0.2, -0.15) is 0 Å². The number of aliphatic hydroxyl groups excluding tert-OH is 1. The van der Waals surface area contributed by atoms with Crippen molar-refractivity contribution in [2.24, 2.45) is 0 Å². The molecule has 6 aromatic rings. The van der Waals surface area contributed by atoms with E-state index in [1.807, 2.05) is 34.6 Å². The first kappa shape index (κ1) is 96.9. The number of aromatic nitrogens is 6. The Morgan fingerprint density at radius 3 is 1.06 bits per heavy atom. The second-order valence-electron chi connectivity index (χ2n) is 25.0. The summed E-state index contributed by atoms with van der Waals surface area (Å²) in [4.78, 5) is 113. The molecule has 9 N–H and O–H groups in total. The van der Waals surface area contributed by atoms with Crippen LogP contribution in [0.4, 0.5) is 50.0 Å². The van der Waals surface area contributed by atoms with Crippen LogP contribution in [-0.4, -0.2) is 176 Å². The van der Waals surface area contributed by atoms with E-state index in [1.54, 1.807) is 115 Å². The lowest BCUT2D eigenvalue weighted by molar-refractivity contribution is 0.0345. The molecule has 0 spiro atoms. The van der Waals surface area contributed by atoms with Crippen LogP contribution in [0.2, 0.25) is 0 Å². The van der Waals surface area contributed by atoms with Crippen molar-refractivity contribution < 1.29 is 76.6 Å². The number of thiazole rings is 6. The number of hydrogen-bond acceptors (Lipinski definition) is 32. The number of carbonyl (C=O) groups excluding carboxylic acids is 7. The average molecular weight is 1550 g/mol. The lowest BCUT2D eigenvalue weighted by Crippen LogP contribution is -2.35. The van der Waals surface area contributed by atoms with Gasteiger partial charge in [-0.15, -0.1) is 11.3 Å². The number of ether oxygens (including phenoxy) is 8. The molecule has 0 atom stereocenters. The number of esters is 2. The molecule has 2 aliphatic rings. The first-order chi connectivity index (χ1) is 45.6. The quantitative estimate of drug-likeness (QED) is 0.0302. The highest BCUT2D eigenvalue weighted by Gasteiger charge is 2.25. The zero-order valence-corrected chi connectivity index (χ0v) is 64.4. The Kier molecular flexibility index (Phi) is 43.6. The Morgan fingerprint density at radius 2 is 0.745 bits per heavy atom. The minimum atomic E-state index is -0.600. The molecule has 0 aliphatic carbocycles. The molecule has 8 heterocycles. The van der Waals surface area contributed by atoms with Gasteiger partial charge in [0, 0.05) is 49.0 Å². The fourth-order valence-electron chi connectivity index (χ4n) is 7.55. The van der Waals surface area contributed by atoms with Crippen molar-refractivity contribution in [1.82, 2.24) is 39.7 Å². The number of anilines is 6. The highest BCUT2D eigenvalue weighted by Crippen LogP contribution is 2.29. The number of hydrogen-bond donors (Lipinski definition) is 7. The van der Waals surface area contributed by atoms with E-state index in [-0.39, 0.29) is 42.3 Å². The van der Waals surface area contributed by atoms with Crippen molar-refractivity contribution in [1.29, 1.82) is 0 Å². The summed E-state index contributed by atoms with van der Waals surface area (Å²) >= 11 is 7.68. The van der Waals surface area contributed by atoms with Gasteiger partial charge in [0.15, 0.2) is 37.1 Å². The van der Waals surface area contributed by atoms with Gasteiger partial charge in [0.25, 0.3) is 0 Å². The molecule has 8 rings (SSSR count). The van der Waals surface area contributed by atoms with Gasteiger partial charge in [-0.05, 0) is 138 Å². The third-order valence-corrected chi connectivity index (χ3v) is 17.8. The zero-order valence-electron chi connectivity index (χ0n) is 59.5. The summed E-state index contributed by atoms with van der Waals surface area (Å²) in [6.45, 7) is 45.4. The number of aldehydes is 1. The average Bonchev–Trinajstić information content (AvgIpc) is 1.74. The van der Waals surface area contributed by atoms with Crippen LogP contribution in [0.5, 0.6) is 0 Å². The molecule has 2 saturated heterocycles. The van der Waals surface area contributed by atoms with Gasteiger partial charge in [-0.1, -0.05) is 86.4 Å². The van der Waals surface area contributed by atoms with E-state index >= 15 is 0 Å². The summed E-state index contributed by atoms with van der Waals surface area (Å²) in [5.41, 5.74) is 13.4. The van der Waals surface area contributed by atoms with Gasteiger partial charge in [0.05, 0.1) is 90.2 Å². The number of morpholine rings is 2. The maximum atomic E-state index is 11.7. The van der Waals surface area contributed by atoms with Gasteiger partial charge >= 0.3 is 36.3 Å². The van der Waals surface area contributed by atoms with E-state index in [9.17, 15) is 33.6 Å². The van der Waals surface area contributed by atoms with Crippen molar-refractivity contribution in [2.75, 3.05) is 98.6 Å². The van der Waals surface area contributed by atoms with Crippen LogP contribution in [0.1, 0.15) is 204 Å². The first-order valence-electron chi connectivity index (χ1n) is 30.9. The van der Waals surface area contributed by atoms with Crippen molar-refractivity contribution in [3.05, 3.63) is 63.4 Å². The Bertz CT molecular complexity index is 3530. The fraction of sp³-hybridized carbons (Fsp3) is 0.621. The van der Waals surface area contributed by atoms with Crippen molar-refractivity contribution in [2.45, 2.75) is 210 Å². The first-order valence-corrected chi connectivity index (χ1v) is 35.8. The molecular formula is C66H112N14O16S6. The molecule has 0 radical (unpaired) electrons. The van der Waals surface area contributed by atoms with Gasteiger partial charge in [-0.3, -0.25) is 35.9 Å². The molecule has 30 nitrogen and oxygen atoms in total. The largest absolute Gasteiger partial charge is 0.462 e.